The first-order valence-corrected chi connectivity index (χ1v) is 7.33. The fourth-order valence-electron chi connectivity index (χ4n) is 3.31. The van der Waals surface area contributed by atoms with Gasteiger partial charge in [-0.15, -0.1) is 0 Å². The minimum Gasteiger partial charge on any atom is -0.480 e. The van der Waals surface area contributed by atoms with Gasteiger partial charge in [-0.3, -0.25) is 0 Å². The van der Waals surface area contributed by atoms with E-state index < -0.39 is 18.1 Å². The van der Waals surface area contributed by atoms with Crippen molar-refractivity contribution in [3.05, 3.63) is 35.9 Å². The van der Waals surface area contributed by atoms with Crippen molar-refractivity contribution in [1.29, 1.82) is 0 Å². The Labute approximate surface area is 123 Å². The Balaban J connectivity index is 1.50. The van der Waals surface area contributed by atoms with Crippen LogP contribution in [0.2, 0.25) is 0 Å². The van der Waals surface area contributed by atoms with Crippen LogP contribution < -0.4 is 5.32 Å². The van der Waals surface area contributed by atoms with Crippen molar-refractivity contribution in [2.24, 2.45) is 17.8 Å². The number of nitrogens with one attached hydrogen (secondary N) is 1. The zero-order valence-corrected chi connectivity index (χ0v) is 11.7. The normalized spacial score (nSPS) is 27.5. The number of amides is 1. The highest BCUT2D eigenvalue weighted by Gasteiger charge is 2.49. The van der Waals surface area contributed by atoms with Crippen molar-refractivity contribution in [3.63, 3.8) is 0 Å². The molecule has 2 N–H and O–H groups in total. The minimum absolute atomic E-state index is 0.0375. The summed E-state index contributed by atoms with van der Waals surface area (Å²) >= 11 is 0. The molecule has 0 bridgehead atoms. The predicted octanol–water partition coefficient (Wildman–Crippen LogP) is 2.41. The van der Waals surface area contributed by atoms with Crippen LogP contribution in [0.5, 0.6) is 0 Å². The van der Waals surface area contributed by atoms with Crippen molar-refractivity contribution in [2.45, 2.75) is 31.9 Å². The molecule has 5 nitrogen and oxygen atoms in total. The highest BCUT2D eigenvalue weighted by atomic mass is 16.5. The number of carbonyl (C=O) groups excluding carboxylic acids is 1. The highest BCUT2D eigenvalue weighted by Crippen LogP contribution is 2.55. The van der Waals surface area contributed by atoms with Crippen LogP contribution in [-0.2, 0) is 16.1 Å². The van der Waals surface area contributed by atoms with Gasteiger partial charge in [0.25, 0.3) is 0 Å². The van der Waals surface area contributed by atoms with Gasteiger partial charge in [0.1, 0.15) is 12.6 Å². The van der Waals surface area contributed by atoms with Gasteiger partial charge in [-0.1, -0.05) is 30.3 Å². The molecule has 0 heterocycles. The van der Waals surface area contributed by atoms with E-state index in [1.54, 1.807) is 0 Å². The molecule has 0 saturated heterocycles. The van der Waals surface area contributed by atoms with E-state index >= 15 is 0 Å². The van der Waals surface area contributed by atoms with Crippen LogP contribution in [0, 0.1) is 17.8 Å². The second kappa shape index (κ2) is 5.76. The second-order valence-electron chi connectivity index (χ2n) is 6.01. The average Bonchev–Trinajstić information content (AvgIpc) is 3.09. The van der Waals surface area contributed by atoms with E-state index in [1.165, 1.54) is 6.42 Å². The molecule has 2 fully saturated rings. The highest BCUT2D eigenvalue weighted by molar-refractivity contribution is 5.80. The number of carboxylic acid groups (broad SMARTS) is 1. The molecule has 112 valence electrons. The Morgan fingerprint density at radius 2 is 1.86 bits per heavy atom. The van der Waals surface area contributed by atoms with Crippen LogP contribution in [0.15, 0.2) is 30.3 Å². The molecule has 3 rings (SSSR count). The van der Waals surface area contributed by atoms with Gasteiger partial charge < -0.3 is 15.2 Å². The minimum atomic E-state index is -0.974. The molecule has 1 amide bonds. The van der Waals surface area contributed by atoms with Crippen LogP contribution in [0.3, 0.4) is 0 Å². The number of carboxylic acids is 1. The van der Waals surface area contributed by atoms with Gasteiger partial charge >= 0.3 is 12.1 Å². The number of alkyl carbamates (subject to hydrolysis) is 1. The summed E-state index contributed by atoms with van der Waals surface area (Å²) in [6.45, 7) is 0.148. The molecule has 2 saturated carbocycles. The molecule has 2 aliphatic rings. The first-order valence-electron chi connectivity index (χ1n) is 7.33. The number of hydrogen-bond acceptors (Lipinski definition) is 3. The van der Waals surface area contributed by atoms with Crippen molar-refractivity contribution < 1.29 is 19.4 Å². The molecule has 1 aromatic carbocycles. The first-order chi connectivity index (χ1) is 10.1. The monoisotopic (exact) mass is 289 g/mol. The molecule has 4 atom stereocenters. The Bertz CT molecular complexity index is 520. The van der Waals surface area contributed by atoms with Crippen molar-refractivity contribution in [2.75, 3.05) is 0 Å². The van der Waals surface area contributed by atoms with Crippen molar-refractivity contribution >= 4 is 12.1 Å². The number of rotatable bonds is 5. The lowest BCUT2D eigenvalue weighted by Gasteiger charge is -2.21. The van der Waals surface area contributed by atoms with E-state index in [4.69, 9.17) is 4.74 Å². The molecule has 21 heavy (non-hydrogen) atoms. The number of fused-ring (bicyclic) bond motifs is 1. The predicted molar refractivity (Wildman–Crippen MR) is 75.5 cm³/mol. The van der Waals surface area contributed by atoms with Gasteiger partial charge in [-0.2, -0.15) is 0 Å². The standard InChI is InChI=1S/C16H19NO4/c18-15(19)14(13-7-11-6-12(11)8-13)17-16(20)21-9-10-4-2-1-3-5-10/h1-5,11-14H,6-9H2,(H,17,20)(H,18,19)/t11-,12+,13?,14-/m1/s1. The lowest BCUT2D eigenvalue weighted by Crippen LogP contribution is -2.45. The van der Waals surface area contributed by atoms with E-state index in [-0.39, 0.29) is 12.5 Å². The second-order valence-corrected chi connectivity index (χ2v) is 6.01. The van der Waals surface area contributed by atoms with Gasteiger partial charge in [0.05, 0.1) is 0 Å². The van der Waals surface area contributed by atoms with E-state index in [0.29, 0.717) is 11.8 Å². The number of ether oxygens (including phenoxy) is 1. The largest absolute Gasteiger partial charge is 0.480 e. The molecule has 2 aliphatic carbocycles. The quantitative estimate of drug-likeness (QED) is 0.872. The van der Waals surface area contributed by atoms with Gasteiger partial charge in [0.15, 0.2) is 0 Å². The number of carbonyl (C=O) groups is 2. The summed E-state index contributed by atoms with van der Waals surface area (Å²) in [4.78, 5) is 23.1. The molecular formula is C16H19NO4. The maximum atomic E-state index is 11.8. The van der Waals surface area contributed by atoms with Crippen LogP contribution in [0.4, 0.5) is 4.79 Å². The van der Waals surface area contributed by atoms with Crippen molar-refractivity contribution in [1.82, 2.24) is 5.32 Å². The molecule has 5 heteroatoms. The third-order valence-corrected chi connectivity index (χ3v) is 4.50. The van der Waals surface area contributed by atoms with E-state index in [9.17, 15) is 14.7 Å². The third kappa shape index (κ3) is 3.35. The number of benzene rings is 1. The van der Waals surface area contributed by atoms with E-state index in [2.05, 4.69) is 5.32 Å². The lowest BCUT2D eigenvalue weighted by molar-refractivity contribution is -0.140. The van der Waals surface area contributed by atoms with Crippen LogP contribution in [0.1, 0.15) is 24.8 Å². The summed E-state index contributed by atoms with van der Waals surface area (Å²) in [6, 6.07) is 8.48. The van der Waals surface area contributed by atoms with Crippen molar-refractivity contribution in [3.8, 4) is 0 Å². The molecule has 1 aromatic rings. The summed E-state index contributed by atoms with van der Waals surface area (Å²) in [7, 11) is 0. The van der Waals surface area contributed by atoms with Gasteiger partial charge in [-0.05, 0) is 42.6 Å². The fraction of sp³-hybridized carbons (Fsp3) is 0.500. The molecule has 0 aromatic heterocycles. The number of hydrogen-bond donors (Lipinski definition) is 2. The molecule has 0 aliphatic heterocycles. The third-order valence-electron chi connectivity index (χ3n) is 4.50. The van der Waals surface area contributed by atoms with Crippen LogP contribution >= 0.6 is 0 Å². The molecule has 0 radical (unpaired) electrons. The Kier molecular flexibility index (Phi) is 3.82. The summed E-state index contributed by atoms with van der Waals surface area (Å²) in [6.07, 6.45) is 2.37. The van der Waals surface area contributed by atoms with Gasteiger partial charge in [0, 0.05) is 0 Å². The SMILES string of the molecule is O=C(N[C@@H](C(=O)O)C1C[C@@H]2C[C@@H]2C1)OCc1ccccc1. The lowest BCUT2D eigenvalue weighted by atomic mass is 9.94. The summed E-state index contributed by atoms with van der Waals surface area (Å²) in [5, 5.41) is 11.8. The average molecular weight is 289 g/mol. The Morgan fingerprint density at radius 3 is 2.48 bits per heavy atom. The van der Waals surface area contributed by atoms with Crippen LogP contribution in [0.25, 0.3) is 0 Å². The maximum Gasteiger partial charge on any atom is 0.408 e. The smallest absolute Gasteiger partial charge is 0.408 e. The first kappa shape index (κ1) is 13.9. The summed E-state index contributed by atoms with van der Waals surface area (Å²) in [5.74, 6) is 0.423. The van der Waals surface area contributed by atoms with Gasteiger partial charge in [-0.25, -0.2) is 9.59 Å². The Morgan fingerprint density at radius 1 is 1.19 bits per heavy atom. The number of aliphatic carboxylic acids is 1. The zero-order valence-electron chi connectivity index (χ0n) is 11.7. The van der Waals surface area contributed by atoms with E-state index in [1.807, 2.05) is 30.3 Å². The Hall–Kier alpha value is -2.04. The molecule has 0 spiro atoms. The zero-order chi connectivity index (χ0) is 14.8. The molecule has 1 unspecified atom stereocenters. The maximum absolute atomic E-state index is 11.8. The fourth-order valence-corrected chi connectivity index (χ4v) is 3.31. The van der Waals surface area contributed by atoms with Gasteiger partial charge in [0.2, 0.25) is 0 Å². The van der Waals surface area contributed by atoms with Crippen LogP contribution in [-0.4, -0.2) is 23.2 Å². The summed E-state index contributed by atoms with van der Waals surface area (Å²) in [5.41, 5.74) is 0.877. The summed E-state index contributed by atoms with van der Waals surface area (Å²) < 4.78 is 5.09. The van der Waals surface area contributed by atoms with E-state index in [0.717, 1.165) is 18.4 Å². The topological polar surface area (TPSA) is 75.6 Å². The molecular weight excluding hydrogens is 270 g/mol.